The fourth-order valence-corrected chi connectivity index (χ4v) is 14.1. The summed E-state index contributed by atoms with van der Waals surface area (Å²) < 4.78 is 68.7. The van der Waals surface area contributed by atoms with Crippen molar-refractivity contribution in [2.75, 3.05) is 39.6 Å². The molecule has 0 fully saturated rings. The largest absolute Gasteiger partial charge is 0.472 e. The molecule has 0 aromatic carbocycles. The van der Waals surface area contributed by atoms with Crippen LogP contribution in [0, 0.1) is 11.8 Å². The molecule has 0 aliphatic carbocycles. The molecule has 19 heteroatoms. The second-order valence-corrected chi connectivity index (χ2v) is 33.0. The Kier molecular flexibility index (Phi) is 71.2. The summed E-state index contributed by atoms with van der Waals surface area (Å²) in [6, 6.07) is 0. The van der Waals surface area contributed by atoms with E-state index in [1.807, 2.05) is 0 Å². The number of phosphoric acid groups is 2. The Morgan fingerprint density at radius 3 is 0.680 bits per heavy atom. The molecule has 100 heavy (non-hydrogen) atoms. The lowest BCUT2D eigenvalue weighted by atomic mass is 10.0. The molecular formula is C81H158O17P2. The van der Waals surface area contributed by atoms with E-state index in [-0.39, 0.29) is 25.7 Å². The third kappa shape index (κ3) is 74.3. The fourth-order valence-electron chi connectivity index (χ4n) is 12.5. The Labute approximate surface area is 613 Å². The quantitative estimate of drug-likeness (QED) is 0.0222. The van der Waals surface area contributed by atoms with Gasteiger partial charge in [0.25, 0.3) is 0 Å². The molecule has 0 saturated carbocycles. The zero-order valence-corrected chi connectivity index (χ0v) is 67.3. The number of carbonyl (C=O) groups is 4. The number of hydrogen-bond acceptors (Lipinski definition) is 15. The molecule has 0 bridgehead atoms. The summed E-state index contributed by atoms with van der Waals surface area (Å²) in [7, 11) is -9.92. The van der Waals surface area contributed by atoms with Gasteiger partial charge in [-0.3, -0.25) is 37.3 Å². The summed E-state index contributed by atoms with van der Waals surface area (Å²) in [6.07, 6.45) is 62.4. The minimum Gasteiger partial charge on any atom is -0.462 e. The highest BCUT2D eigenvalue weighted by Crippen LogP contribution is 2.45. The molecule has 0 aliphatic heterocycles. The van der Waals surface area contributed by atoms with Crippen LogP contribution in [0.15, 0.2) is 0 Å². The highest BCUT2D eigenvalue weighted by molar-refractivity contribution is 7.47. The molecule has 0 spiro atoms. The van der Waals surface area contributed by atoms with Gasteiger partial charge in [0.05, 0.1) is 26.4 Å². The van der Waals surface area contributed by atoms with Gasteiger partial charge in [0.2, 0.25) is 0 Å². The van der Waals surface area contributed by atoms with Crippen molar-refractivity contribution in [3.8, 4) is 0 Å². The van der Waals surface area contributed by atoms with Crippen molar-refractivity contribution >= 4 is 39.5 Å². The minimum atomic E-state index is -4.96. The van der Waals surface area contributed by atoms with E-state index in [9.17, 15) is 43.2 Å². The van der Waals surface area contributed by atoms with Gasteiger partial charge in [-0.2, -0.15) is 0 Å². The monoisotopic (exact) mass is 1470 g/mol. The maximum atomic E-state index is 13.1. The molecule has 0 amide bonds. The predicted molar refractivity (Wildman–Crippen MR) is 409 cm³/mol. The van der Waals surface area contributed by atoms with E-state index in [0.29, 0.717) is 25.7 Å². The number of aliphatic hydroxyl groups excluding tert-OH is 1. The first-order chi connectivity index (χ1) is 48.4. The average Bonchev–Trinajstić information content (AvgIpc) is 0.929. The second-order valence-electron chi connectivity index (χ2n) is 30.1. The van der Waals surface area contributed by atoms with Gasteiger partial charge in [0.15, 0.2) is 12.2 Å². The summed E-state index contributed by atoms with van der Waals surface area (Å²) in [4.78, 5) is 73.0. The first-order valence-corrected chi connectivity index (χ1v) is 45.0. The molecule has 2 unspecified atom stereocenters. The molecule has 594 valence electrons. The molecule has 0 aliphatic rings. The summed E-state index contributed by atoms with van der Waals surface area (Å²) in [5, 5.41) is 10.6. The van der Waals surface area contributed by atoms with Crippen molar-refractivity contribution in [2.24, 2.45) is 11.8 Å². The summed E-state index contributed by atoms with van der Waals surface area (Å²) >= 11 is 0. The molecular weight excluding hydrogens is 1310 g/mol. The molecule has 0 heterocycles. The second kappa shape index (κ2) is 72.6. The lowest BCUT2D eigenvalue weighted by molar-refractivity contribution is -0.161. The molecule has 0 rings (SSSR count). The van der Waals surface area contributed by atoms with Gasteiger partial charge in [0, 0.05) is 25.7 Å². The van der Waals surface area contributed by atoms with Crippen LogP contribution in [0.4, 0.5) is 0 Å². The molecule has 0 radical (unpaired) electrons. The van der Waals surface area contributed by atoms with Crippen LogP contribution in [0.1, 0.15) is 427 Å². The van der Waals surface area contributed by atoms with E-state index in [4.69, 9.17) is 37.0 Å². The standard InChI is InChI=1S/C81H158O17P2/c1-7-9-11-13-15-17-19-20-21-22-23-24-25-28-35-41-47-53-59-65-80(85)98-77(70-92-79(84)64-58-52-46-40-34-29-26-27-32-37-43-49-55-61-73(3)4)72-96-100(89,90)94-68-75(82)67-93-99(87,88)95-71-76(69-91-78(83)63-57-51-45-39-18-16-14-12-10-8-2)97-81(86)66-60-54-48-42-36-31-30-33-38-44-50-56-62-74(5)6/h73-77,82H,7-72H2,1-6H3,(H,87,88)(H,89,90)/t75-,76+,77+/m0/s1. The number of hydrogen-bond donors (Lipinski definition) is 3. The number of rotatable bonds is 80. The Bertz CT molecular complexity index is 1920. The molecule has 0 aromatic rings. The van der Waals surface area contributed by atoms with E-state index in [1.165, 1.54) is 244 Å². The SMILES string of the molecule is CCCCCCCCCCCCCCCCCCCCCC(=O)O[C@H](COC(=O)CCCCCCCCCCCCCCCC(C)C)COP(=O)(O)OC[C@@H](O)COP(=O)(O)OC[C@@H](COC(=O)CCCCCCCCCCCC)OC(=O)CCCCCCCCCCCCCCC(C)C. The molecule has 17 nitrogen and oxygen atoms in total. The van der Waals surface area contributed by atoms with Crippen LogP contribution in [0.25, 0.3) is 0 Å². The third-order valence-electron chi connectivity index (χ3n) is 19.0. The van der Waals surface area contributed by atoms with Crippen molar-refractivity contribution in [2.45, 2.75) is 445 Å². The number of phosphoric ester groups is 2. The van der Waals surface area contributed by atoms with Gasteiger partial charge in [0.1, 0.15) is 19.3 Å². The summed E-state index contributed by atoms with van der Waals surface area (Å²) in [5.74, 6) is -0.540. The van der Waals surface area contributed by atoms with Gasteiger partial charge >= 0.3 is 39.5 Å². The van der Waals surface area contributed by atoms with Crippen molar-refractivity contribution in [3.63, 3.8) is 0 Å². The van der Waals surface area contributed by atoms with Crippen molar-refractivity contribution in [3.05, 3.63) is 0 Å². The Morgan fingerprint density at radius 2 is 0.460 bits per heavy atom. The van der Waals surface area contributed by atoms with Gasteiger partial charge in [-0.05, 0) is 37.5 Å². The van der Waals surface area contributed by atoms with E-state index in [2.05, 4.69) is 41.5 Å². The Hall–Kier alpha value is -1.94. The first-order valence-electron chi connectivity index (χ1n) is 42.0. The van der Waals surface area contributed by atoms with E-state index >= 15 is 0 Å². The van der Waals surface area contributed by atoms with Crippen LogP contribution in [0.3, 0.4) is 0 Å². The van der Waals surface area contributed by atoms with Crippen LogP contribution in [0.5, 0.6) is 0 Å². The van der Waals surface area contributed by atoms with Crippen LogP contribution >= 0.6 is 15.6 Å². The lowest BCUT2D eigenvalue weighted by Gasteiger charge is -2.21. The van der Waals surface area contributed by atoms with Crippen LogP contribution in [-0.2, 0) is 65.4 Å². The van der Waals surface area contributed by atoms with Crippen molar-refractivity contribution < 1.29 is 80.2 Å². The van der Waals surface area contributed by atoms with Crippen LogP contribution in [0.2, 0.25) is 0 Å². The maximum Gasteiger partial charge on any atom is 0.472 e. The zero-order chi connectivity index (χ0) is 73.5. The lowest BCUT2D eigenvalue weighted by Crippen LogP contribution is -2.30. The molecule has 0 aromatic heterocycles. The van der Waals surface area contributed by atoms with Gasteiger partial charge in [-0.25, -0.2) is 9.13 Å². The highest BCUT2D eigenvalue weighted by atomic mass is 31.2. The molecule has 3 N–H and O–H groups in total. The number of ether oxygens (including phenoxy) is 4. The minimum absolute atomic E-state index is 0.107. The van der Waals surface area contributed by atoms with E-state index in [0.717, 1.165) is 102 Å². The normalized spacial score (nSPS) is 13.9. The highest BCUT2D eigenvalue weighted by Gasteiger charge is 2.30. The molecule has 5 atom stereocenters. The zero-order valence-electron chi connectivity index (χ0n) is 65.5. The summed E-state index contributed by atoms with van der Waals surface area (Å²) in [6.45, 7) is 9.66. The first kappa shape index (κ1) is 98.1. The maximum absolute atomic E-state index is 13.1. The van der Waals surface area contributed by atoms with Crippen LogP contribution < -0.4 is 0 Å². The van der Waals surface area contributed by atoms with Gasteiger partial charge in [-0.15, -0.1) is 0 Å². The number of aliphatic hydroxyl groups is 1. The van der Waals surface area contributed by atoms with Crippen molar-refractivity contribution in [1.29, 1.82) is 0 Å². The predicted octanol–water partition coefficient (Wildman–Crippen LogP) is 24.3. The molecule has 0 saturated heterocycles. The van der Waals surface area contributed by atoms with Gasteiger partial charge in [-0.1, -0.05) is 375 Å². The fraction of sp³-hybridized carbons (Fsp3) is 0.951. The van der Waals surface area contributed by atoms with Crippen molar-refractivity contribution in [1.82, 2.24) is 0 Å². The Balaban J connectivity index is 5.24. The summed E-state index contributed by atoms with van der Waals surface area (Å²) in [5.41, 5.74) is 0. The number of carbonyl (C=O) groups excluding carboxylic acids is 4. The topological polar surface area (TPSA) is 237 Å². The average molecular weight is 1470 g/mol. The smallest absolute Gasteiger partial charge is 0.462 e. The number of unbranched alkanes of at least 4 members (excludes halogenated alkanes) is 50. The Morgan fingerprint density at radius 1 is 0.270 bits per heavy atom. The van der Waals surface area contributed by atoms with Crippen LogP contribution in [-0.4, -0.2) is 96.7 Å². The van der Waals surface area contributed by atoms with E-state index in [1.54, 1.807) is 0 Å². The third-order valence-corrected chi connectivity index (χ3v) is 20.9. The number of esters is 4. The van der Waals surface area contributed by atoms with E-state index < -0.39 is 97.5 Å². The van der Waals surface area contributed by atoms with Gasteiger partial charge < -0.3 is 33.8 Å².